The highest BCUT2D eigenvalue weighted by atomic mass is 19.4. The molecule has 2 aromatic carbocycles. The first-order valence-corrected chi connectivity index (χ1v) is 8.97. The predicted octanol–water partition coefficient (Wildman–Crippen LogP) is 3.34. The summed E-state index contributed by atoms with van der Waals surface area (Å²) in [6.07, 6.45) is -4.86. The molecule has 0 bridgehead atoms. The summed E-state index contributed by atoms with van der Waals surface area (Å²) in [5, 5.41) is 14.1. The molecule has 4 rings (SSSR count). The van der Waals surface area contributed by atoms with E-state index in [0.717, 1.165) is 0 Å². The van der Waals surface area contributed by atoms with Crippen LogP contribution in [0.15, 0.2) is 34.7 Å². The number of alkyl halides is 3. The SMILES string of the molecule is Cn1c(Nc2nc3cc(F)c(C(F)(F)F)cc3o2)nc2cc(C(=O)NCCO)ccc21. The second kappa shape index (κ2) is 7.54. The van der Waals surface area contributed by atoms with Crippen LogP contribution in [0.3, 0.4) is 0 Å². The number of anilines is 2. The van der Waals surface area contributed by atoms with Gasteiger partial charge in [0, 0.05) is 25.2 Å². The number of amides is 1. The van der Waals surface area contributed by atoms with Gasteiger partial charge in [-0.15, -0.1) is 0 Å². The number of hydrogen-bond donors (Lipinski definition) is 3. The average molecular weight is 437 g/mol. The van der Waals surface area contributed by atoms with Gasteiger partial charge in [0.1, 0.15) is 11.3 Å². The van der Waals surface area contributed by atoms with E-state index in [1.807, 2.05) is 0 Å². The normalized spacial score (nSPS) is 11.9. The van der Waals surface area contributed by atoms with E-state index in [1.54, 1.807) is 29.8 Å². The third-order valence-electron chi connectivity index (χ3n) is 4.54. The zero-order valence-corrected chi connectivity index (χ0v) is 15.9. The first-order chi connectivity index (χ1) is 14.7. The Hall–Kier alpha value is -3.67. The number of halogens is 4. The van der Waals surface area contributed by atoms with Gasteiger partial charge in [-0.05, 0) is 24.3 Å². The van der Waals surface area contributed by atoms with Crippen molar-refractivity contribution in [3.63, 3.8) is 0 Å². The molecule has 162 valence electrons. The van der Waals surface area contributed by atoms with Gasteiger partial charge >= 0.3 is 12.2 Å². The number of oxazole rings is 1. The molecule has 2 heterocycles. The Morgan fingerprint density at radius 2 is 1.97 bits per heavy atom. The van der Waals surface area contributed by atoms with E-state index in [2.05, 4.69) is 20.6 Å². The lowest BCUT2D eigenvalue weighted by Gasteiger charge is -2.06. The van der Waals surface area contributed by atoms with Crippen LogP contribution in [0.25, 0.3) is 22.1 Å². The lowest BCUT2D eigenvalue weighted by molar-refractivity contribution is -0.139. The van der Waals surface area contributed by atoms with Crippen molar-refractivity contribution in [1.29, 1.82) is 0 Å². The molecule has 1 amide bonds. The fourth-order valence-electron chi connectivity index (χ4n) is 3.04. The van der Waals surface area contributed by atoms with Gasteiger partial charge in [-0.3, -0.25) is 10.1 Å². The molecule has 4 aromatic rings. The highest BCUT2D eigenvalue weighted by Crippen LogP contribution is 2.35. The minimum absolute atomic E-state index is 0.0883. The van der Waals surface area contributed by atoms with Crippen molar-refractivity contribution < 1.29 is 31.9 Å². The number of aryl methyl sites for hydroxylation is 1. The Balaban J connectivity index is 1.65. The second-order valence-electron chi connectivity index (χ2n) is 6.62. The van der Waals surface area contributed by atoms with Crippen molar-refractivity contribution >= 4 is 40.0 Å². The highest BCUT2D eigenvalue weighted by Gasteiger charge is 2.35. The van der Waals surface area contributed by atoms with E-state index >= 15 is 0 Å². The molecule has 0 aliphatic rings. The van der Waals surface area contributed by atoms with E-state index < -0.39 is 17.6 Å². The number of fused-ring (bicyclic) bond motifs is 2. The maximum absolute atomic E-state index is 13.8. The van der Waals surface area contributed by atoms with E-state index in [9.17, 15) is 22.4 Å². The van der Waals surface area contributed by atoms with Crippen LogP contribution in [0.4, 0.5) is 29.5 Å². The van der Waals surface area contributed by atoms with Crippen LogP contribution in [0.1, 0.15) is 15.9 Å². The second-order valence-corrected chi connectivity index (χ2v) is 6.62. The summed E-state index contributed by atoms with van der Waals surface area (Å²) < 4.78 is 59.3. The van der Waals surface area contributed by atoms with Crippen LogP contribution in [0.2, 0.25) is 0 Å². The van der Waals surface area contributed by atoms with Crippen molar-refractivity contribution in [1.82, 2.24) is 19.9 Å². The van der Waals surface area contributed by atoms with Crippen LogP contribution >= 0.6 is 0 Å². The number of aliphatic hydroxyl groups is 1. The number of hydrogen-bond acceptors (Lipinski definition) is 6. The Morgan fingerprint density at radius 1 is 1.19 bits per heavy atom. The lowest BCUT2D eigenvalue weighted by atomic mass is 10.2. The average Bonchev–Trinajstić information content (AvgIpc) is 3.24. The van der Waals surface area contributed by atoms with Crippen LogP contribution in [-0.2, 0) is 13.2 Å². The zero-order valence-electron chi connectivity index (χ0n) is 15.9. The molecular formula is C19H15F4N5O3. The van der Waals surface area contributed by atoms with Gasteiger partial charge in [0.15, 0.2) is 5.58 Å². The summed E-state index contributed by atoms with van der Waals surface area (Å²) in [5.41, 5.74) is -0.321. The standard InChI is InChI=1S/C19H15F4N5O3/c1-28-14-3-2-9(16(30)24-4-5-29)6-12(14)25-17(28)27-18-26-13-8-11(20)10(19(21,22)23)7-15(13)31-18/h2-3,6-8,29H,4-5H2,1H3,(H,24,30)(H,25,26,27). The third-order valence-corrected chi connectivity index (χ3v) is 4.54. The molecule has 0 saturated heterocycles. The quantitative estimate of drug-likeness (QED) is 0.414. The van der Waals surface area contributed by atoms with Crippen molar-refractivity contribution in [2.75, 3.05) is 18.5 Å². The number of aliphatic hydroxyl groups excluding tert-OH is 1. The maximum Gasteiger partial charge on any atom is 0.419 e. The number of aromatic nitrogens is 3. The summed E-state index contributed by atoms with van der Waals surface area (Å²) >= 11 is 0. The molecule has 12 heteroatoms. The topological polar surface area (TPSA) is 105 Å². The van der Waals surface area contributed by atoms with Crippen molar-refractivity contribution in [2.24, 2.45) is 7.05 Å². The number of carbonyl (C=O) groups is 1. The molecular weight excluding hydrogens is 422 g/mol. The summed E-state index contributed by atoms with van der Waals surface area (Å²) in [5.74, 6) is -1.59. The van der Waals surface area contributed by atoms with Crippen molar-refractivity contribution in [2.45, 2.75) is 6.18 Å². The van der Waals surface area contributed by atoms with Crippen LogP contribution in [0.5, 0.6) is 0 Å². The maximum atomic E-state index is 13.8. The number of rotatable bonds is 5. The fraction of sp³-hybridized carbons (Fsp3) is 0.211. The summed E-state index contributed by atoms with van der Waals surface area (Å²) in [7, 11) is 1.67. The number of imidazole rings is 1. The predicted molar refractivity (Wildman–Crippen MR) is 102 cm³/mol. The summed E-state index contributed by atoms with van der Waals surface area (Å²) in [6, 6.07) is 5.83. The van der Waals surface area contributed by atoms with Crippen LogP contribution in [-0.4, -0.2) is 38.7 Å². The minimum Gasteiger partial charge on any atom is -0.423 e. The summed E-state index contributed by atoms with van der Waals surface area (Å²) in [4.78, 5) is 20.3. The van der Waals surface area contributed by atoms with Gasteiger partial charge in [0.2, 0.25) is 5.95 Å². The number of nitrogens with zero attached hydrogens (tertiary/aromatic N) is 3. The number of nitrogens with one attached hydrogen (secondary N) is 2. The number of carbonyl (C=O) groups excluding carboxylic acids is 1. The third kappa shape index (κ3) is 3.89. The molecule has 0 fully saturated rings. The van der Waals surface area contributed by atoms with Gasteiger partial charge in [-0.25, -0.2) is 9.37 Å². The Morgan fingerprint density at radius 3 is 2.68 bits per heavy atom. The molecule has 0 aliphatic carbocycles. The van der Waals surface area contributed by atoms with Gasteiger partial charge < -0.3 is 19.4 Å². The first kappa shape index (κ1) is 20.6. The molecule has 0 saturated carbocycles. The lowest BCUT2D eigenvalue weighted by Crippen LogP contribution is -2.26. The minimum atomic E-state index is -4.86. The van der Waals surface area contributed by atoms with Gasteiger partial charge in [-0.2, -0.15) is 18.2 Å². The van der Waals surface area contributed by atoms with Gasteiger partial charge in [0.25, 0.3) is 5.91 Å². The number of benzene rings is 2. The van der Waals surface area contributed by atoms with Gasteiger partial charge in [0.05, 0.1) is 23.2 Å². The molecule has 2 aromatic heterocycles. The Bertz CT molecular complexity index is 1300. The Kier molecular flexibility index (Phi) is 5.01. The van der Waals surface area contributed by atoms with E-state index in [0.29, 0.717) is 28.7 Å². The smallest absolute Gasteiger partial charge is 0.419 e. The highest BCUT2D eigenvalue weighted by molar-refractivity contribution is 5.97. The molecule has 0 unspecified atom stereocenters. The van der Waals surface area contributed by atoms with Crippen LogP contribution < -0.4 is 10.6 Å². The van der Waals surface area contributed by atoms with Crippen molar-refractivity contribution in [3.05, 3.63) is 47.3 Å². The molecule has 3 N–H and O–H groups in total. The van der Waals surface area contributed by atoms with Crippen molar-refractivity contribution in [3.8, 4) is 0 Å². The summed E-state index contributed by atoms with van der Waals surface area (Å²) in [6.45, 7) is -0.0786. The largest absolute Gasteiger partial charge is 0.423 e. The molecule has 0 aliphatic heterocycles. The van der Waals surface area contributed by atoms with Crippen LogP contribution in [0, 0.1) is 5.82 Å². The zero-order chi connectivity index (χ0) is 22.3. The van der Waals surface area contributed by atoms with E-state index in [-0.39, 0.29) is 42.1 Å². The first-order valence-electron chi connectivity index (χ1n) is 8.97. The molecule has 8 nitrogen and oxygen atoms in total. The molecule has 31 heavy (non-hydrogen) atoms. The monoisotopic (exact) mass is 437 g/mol. The van der Waals surface area contributed by atoms with E-state index in [4.69, 9.17) is 9.52 Å². The molecule has 0 spiro atoms. The molecule has 0 atom stereocenters. The van der Waals surface area contributed by atoms with E-state index in [1.165, 1.54) is 0 Å². The molecule has 0 radical (unpaired) electrons. The Labute approximate surface area is 171 Å². The fourth-order valence-corrected chi connectivity index (χ4v) is 3.04. The van der Waals surface area contributed by atoms with Gasteiger partial charge in [-0.1, -0.05) is 0 Å².